The van der Waals surface area contributed by atoms with Crippen molar-refractivity contribution in [3.05, 3.63) is 33.7 Å². The second kappa shape index (κ2) is 5.97. The van der Waals surface area contributed by atoms with Crippen LogP contribution < -0.4 is 4.74 Å². The third-order valence-corrected chi connectivity index (χ3v) is 4.03. The maximum atomic E-state index is 9.10. The van der Waals surface area contributed by atoms with Gasteiger partial charge in [-0.1, -0.05) is 0 Å². The van der Waals surface area contributed by atoms with E-state index in [2.05, 4.69) is 33.9 Å². The van der Waals surface area contributed by atoms with Gasteiger partial charge in [-0.25, -0.2) is 4.98 Å². The van der Waals surface area contributed by atoms with E-state index in [1.54, 1.807) is 7.11 Å². The molecule has 0 aliphatic rings. The second-order valence-electron chi connectivity index (χ2n) is 4.84. The molecule has 4 nitrogen and oxygen atoms in total. The van der Waals surface area contributed by atoms with Crippen LogP contribution in [0.25, 0.3) is 11.3 Å². The number of aryl methyl sites for hydroxylation is 2. The van der Waals surface area contributed by atoms with Crippen molar-refractivity contribution < 1.29 is 9.84 Å². The zero-order chi connectivity index (χ0) is 14.9. The fourth-order valence-corrected chi connectivity index (χ4v) is 3.07. The number of methoxy groups -OCH3 is 1. The van der Waals surface area contributed by atoms with Crippen molar-refractivity contribution in [2.75, 3.05) is 13.7 Å². The van der Waals surface area contributed by atoms with Crippen molar-refractivity contribution >= 4 is 15.9 Å². The summed E-state index contributed by atoms with van der Waals surface area (Å²) in [6.45, 7) is 4.18. The largest absolute Gasteiger partial charge is 0.496 e. The Labute approximate surface area is 127 Å². The number of halogens is 1. The molecular weight excluding hydrogens is 320 g/mol. The normalized spacial score (nSPS) is 10.9. The van der Waals surface area contributed by atoms with Gasteiger partial charge in [0.25, 0.3) is 0 Å². The molecule has 0 spiro atoms. The molecule has 0 atom stereocenters. The van der Waals surface area contributed by atoms with Gasteiger partial charge in [-0.15, -0.1) is 0 Å². The Morgan fingerprint density at radius 1 is 1.30 bits per heavy atom. The van der Waals surface area contributed by atoms with Gasteiger partial charge in [0.15, 0.2) is 0 Å². The zero-order valence-corrected chi connectivity index (χ0v) is 13.8. The molecule has 5 heteroatoms. The lowest BCUT2D eigenvalue weighted by atomic mass is 10.0. The molecule has 2 aromatic rings. The van der Waals surface area contributed by atoms with Crippen LogP contribution in [0.4, 0.5) is 0 Å². The number of aliphatic hydroxyl groups excluding tert-OH is 1. The molecule has 0 fully saturated rings. The van der Waals surface area contributed by atoms with Crippen LogP contribution in [-0.4, -0.2) is 28.4 Å². The summed E-state index contributed by atoms with van der Waals surface area (Å²) < 4.78 is 8.18. The van der Waals surface area contributed by atoms with Gasteiger partial charge in [-0.05, 0) is 53.0 Å². The van der Waals surface area contributed by atoms with Crippen LogP contribution in [0.2, 0.25) is 0 Å². The molecule has 1 N–H and O–H groups in total. The Hall–Kier alpha value is -1.33. The van der Waals surface area contributed by atoms with Gasteiger partial charge in [-0.3, -0.25) is 0 Å². The Morgan fingerprint density at radius 3 is 2.60 bits per heavy atom. The summed E-state index contributed by atoms with van der Waals surface area (Å²) in [5.74, 6) is 1.75. The minimum atomic E-state index is 0.0946. The molecule has 0 amide bonds. The summed E-state index contributed by atoms with van der Waals surface area (Å²) >= 11 is 3.52. The number of ether oxygens (including phenoxy) is 1. The Bertz CT molecular complexity index is 635. The van der Waals surface area contributed by atoms with Gasteiger partial charge in [0, 0.05) is 19.0 Å². The zero-order valence-electron chi connectivity index (χ0n) is 12.2. The minimum Gasteiger partial charge on any atom is -0.496 e. The molecule has 1 aromatic carbocycles. The smallest absolute Gasteiger partial charge is 0.132 e. The number of rotatable bonds is 4. The summed E-state index contributed by atoms with van der Waals surface area (Å²) in [6, 6.07) is 4.15. The first-order valence-electron chi connectivity index (χ1n) is 6.47. The van der Waals surface area contributed by atoms with Gasteiger partial charge in [-0.2, -0.15) is 0 Å². The Kier molecular flexibility index (Phi) is 4.50. The predicted molar refractivity (Wildman–Crippen MR) is 83.2 cm³/mol. The average Bonchev–Trinajstić information content (AvgIpc) is 2.68. The third-order valence-electron chi connectivity index (χ3n) is 3.48. The van der Waals surface area contributed by atoms with Crippen LogP contribution >= 0.6 is 15.9 Å². The number of hydrogen-bond donors (Lipinski definition) is 1. The van der Waals surface area contributed by atoms with Crippen LogP contribution in [0, 0.1) is 13.8 Å². The number of aliphatic hydroxyl groups is 1. The van der Waals surface area contributed by atoms with Crippen molar-refractivity contribution in [1.82, 2.24) is 9.55 Å². The van der Waals surface area contributed by atoms with Crippen LogP contribution in [0.15, 0.2) is 16.7 Å². The van der Waals surface area contributed by atoms with Crippen LogP contribution in [0.3, 0.4) is 0 Å². The third kappa shape index (κ3) is 2.60. The van der Waals surface area contributed by atoms with Crippen molar-refractivity contribution in [2.45, 2.75) is 20.3 Å². The van der Waals surface area contributed by atoms with Gasteiger partial charge >= 0.3 is 0 Å². The predicted octanol–water partition coefficient (Wildman–Crippen LogP) is 3.01. The van der Waals surface area contributed by atoms with E-state index in [0.29, 0.717) is 6.42 Å². The molecule has 0 saturated heterocycles. The lowest BCUT2D eigenvalue weighted by Gasteiger charge is -2.13. The van der Waals surface area contributed by atoms with Crippen molar-refractivity contribution in [2.24, 2.45) is 7.05 Å². The number of nitrogens with zero attached hydrogens (tertiary/aromatic N) is 2. The van der Waals surface area contributed by atoms with Crippen molar-refractivity contribution in [1.29, 1.82) is 0 Å². The fourth-order valence-electron chi connectivity index (χ4n) is 2.39. The van der Waals surface area contributed by atoms with E-state index in [9.17, 15) is 0 Å². The Morgan fingerprint density at radius 2 is 2.00 bits per heavy atom. The SMILES string of the molecule is COc1cc(C)c(-c2c(Br)nc(CCO)n2C)cc1C. The molecule has 0 unspecified atom stereocenters. The quantitative estimate of drug-likeness (QED) is 0.932. The molecule has 108 valence electrons. The lowest BCUT2D eigenvalue weighted by Crippen LogP contribution is -2.03. The van der Waals surface area contributed by atoms with Gasteiger partial charge in [0.05, 0.1) is 19.4 Å². The molecule has 1 heterocycles. The highest BCUT2D eigenvalue weighted by atomic mass is 79.9. The highest BCUT2D eigenvalue weighted by molar-refractivity contribution is 9.10. The minimum absolute atomic E-state index is 0.0946. The van der Waals surface area contributed by atoms with Crippen LogP contribution in [0.1, 0.15) is 17.0 Å². The molecule has 0 radical (unpaired) electrons. The van der Waals surface area contributed by atoms with E-state index in [1.165, 1.54) is 0 Å². The van der Waals surface area contributed by atoms with E-state index in [1.807, 2.05) is 24.6 Å². The van der Waals surface area contributed by atoms with E-state index < -0.39 is 0 Å². The molecular formula is C15H19BrN2O2. The maximum Gasteiger partial charge on any atom is 0.132 e. The number of imidazole rings is 1. The summed E-state index contributed by atoms with van der Waals surface area (Å²) in [5, 5.41) is 9.10. The Balaban J connectivity index is 2.60. The van der Waals surface area contributed by atoms with Crippen LogP contribution in [-0.2, 0) is 13.5 Å². The first-order chi connectivity index (χ1) is 9.49. The first-order valence-corrected chi connectivity index (χ1v) is 7.26. The highest BCUT2D eigenvalue weighted by Crippen LogP contribution is 2.34. The van der Waals surface area contributed by atoms with Gasteiger partial charge in [0.1, 0.15) is 16.2 Å². The summed E-state index contributed by atoms with van der Waals surface area (Å²) in [7, 11) is 3.65. The monoisotopic (exact) mass is 338 g/mol. The second-order valence-corrected chi connectivity index (χ2v) is 5.59. The number of benzene rings is 1. The van der Waals surface area contributed by atoms with E-state index >= 15 is 0 Å². The molecule has 0 aliphatic carbocycles. The van der Waals surface area contributed by atoms with Crippen molar-refractivity contribution in [3.8, 4) is 17.0 Å². The van der Waals surface area contributed by atoms with E-state index in [0.717, 1.165) is 38.6 Å². The first kappa shape index (κ1) is 15.1. The highest BCUT2D eigenvalue weighted by Gasteiger charge is 2.17. The standard InChI is InChI=1S/C15H19BrN2O2/c1-9-8-12(20-4)10(2)7-11(9)14-15(16)17-13(5-6-19)18(14)3/h7-8,19H,5-6H2,1-4H3. The van der Waals surface area contributed by atoms with Crippen LogP contribution in [0.5, 0.6) is 5.75 Å². The lowest BCUT2D eigenvalue weighted by molar-refractivity contribution is 0.295. The maximum absolute atomic E-state index is 9.10. The average molecular weight is 339 g/mol. The molecule has 0 aliphatic heterocycles. The van der Waals surface area contributed by atoms with Gasteiger partial charge < -0.3 is 14.4 Å². The summed E-state index contributed by atoms with van der Waals surface area (Å²) in [5.41, 5.74) is 4.36. The van der Waals surface area contributed by atoms with Gasteiger partial charge in [0.2, 0.25) is 0 Å². The molecule has 1 aromatic heterocycles. The number of aromatic nitrogens is 2. The topological polar surface area (TPSA) is 47.3 Å². The summed E-state index contributed by atoms with van der Waals surface area (Å²) in [4.78, 5) is 4.48. The molecule has 0 saturated carbocycles. The van der Waals surface area contributed by atoms with E-state index in [-0.39, 0.29) is 6.61 Å². The molecule has 2 rings (SSSR count). The van der Waals surface area contributed by atoms with E-state index in [4.69, 9.17) is 9.84 Å². The number of hydrogen-bond acceptors (Lipinski definition) is 3. The molecule has 0 bridgehead atoms. The fraction of sp³-hybridized carbons (Fsp3) is 0.400. The van der Waals surface area contributed by atoms with Crippen molar-refractivity contribution in [3.63, 3.8) is 0 Å². The molecule has 20 heavy (non-hydrogen) atoms. The summed E-state index contributed by atoms with van der Waals surface area (Å²) in [6.07, 6.45) is 0.545.